The Hall–Kier alpha value is -0.730. The van der Waals surface area contributed by atoms with Crippen molar-refractivity contribution in [2.24, 2.45) is 0 Å². The molecule has 1 fully saturated rings. The molecule has 2 atom stereocenters. The van der Waals surface area contributed by atoms with Crippen LogP contribution in [0.4, 0.5) is 0 Å². The molecule has 0 bridgehead atoms. The van der Waals surface area contributed by atoms with E-state index < -0.39 is 0 Å². The normalized spacial score (nSPS) is 28.3. The van der Waals surface area contributed by atoms with Gasteiger partial charge in [-0.1, -0.05) is 18.2 Å². The van der Waals surface area contributed by atoms with E-state index in [4.69, 9.17) is 4.74 Å². The van der Waals surface area contributed by atoms with Gasteiger partial charge in [0, 0.05) is 18.0 Å². The number of hydrogen-bond acceptors (Lipinski definition) is 2. The molecule has 76 valence electrons. The number of halogens is 1. The average Bonchev–Trinajstić information content (AvgIpc) is 2.56. The zero-order valence-electron chi connectivity index (χ0n) is 7.90. The summed E-state index contributed by atoms with van der Waals surface area (Å²) in [6.45, 7) is 2.12. The van der Waals surface area contributed by atoms with Crippen molar-refractivity contribution in [3.63, 3.8) is 0 Å². The molecule has 0 spiro atoms. The number of ether oxygens (including phenoxy) is 1. The van der Waals surface area contributed by atoms with E-state index in [1.54, 1.807) is 0 Å². The standard InChI is InChI=1S/C11H13NO.ClH/c1-2-4-10-8(3-1)9-5-6-12-7-11(9)13-10;/h1-4,9,11-12H,5-7H2;1H. The van der Waals surface area contributed by atoms with E-state index in [0.29, 0.717) is 12.0 Å². The number of fused-ring (bicyclic) bond motifs is 3. The van der Waals surface area contributed by atoms with Crippen LogP contribution in [0.5, 0.6) is 5.75 Å². The fourth-order valence-corrected chi connectivity index (χ4v) is 2.37. The lowest BCUT2D eigenvalue weighted by molar-refractivity contribution is 0.177. The van der Waals surface area contributed by atoms with E-state index >= 15 is 0 Å². The molecule has 1 aromatic carbocycles. The smallest absolute Gasteiger partial charge is 0.123 e. The van der Waals surface area contributed by atoms with E-state index in [1.807, 2.05) is 6.07 Å². The fourth-order valence-electron chi connectivity index (χ4n) is 2.37. The third-order valence-electron chi connectivity index (χ3n) is 3.02. The van der Waals surface area contributed by atoms with Crippen molar-refractivity contribution in [3.05, 3.63) is 29.8 Å². The van der Waals surface area contributed by atoms with Crippen molar-refractivity contribution in [3.8, 4) is 5.75 Å². The summed E-state index contributed by atoms with van der Waals surface area (Å²) in [5.74, 6) is 1.73. The summed E-state index contributed by atoms with van der Waals surface area (Å²) in [7, 11) is 0. The van der Waals surface area contributed by atoms with Gasteiger partial charge in [-0.25, -0.2) is 0 Å². The Kier molecular flexibility index (Phi) is 2.66. The zero-order valence-corrected chi connectivity index (χ0v) is 8.72. The number of para-hydroxylation sites is 1. The lowest BCUT2D eigenvalue weighted by Gasteiger charge is -2.24. The van der Waals surface area contributed by atoms with Gasteiger partial charge >= 0.3 is 0 Å². The summed E-state index contributed by atoms with van der Waals surface area (Å²) in [6, 6.07) is 8.43. The quantitative estimate of drug-likeness (QED) is 0.708. The van der Waals surface area contributed by atoms with Gasteiger partial charge in [-0.05, 0) is 19.0 Å². The van der Waals surface area contributed by atoms with Crippen LogP contribution in [-0.4, -0.2) is 19.2 Å². The summed E-state index contributed by atoms with van der Waals surface area (Å²) >= 11 is 0. The molecule has 0 aliphatic carbocycles. The third kappa shape index (κ3) is 1.39. The second-order valence-electron chi connectivity index (χ2n) is 3.79. The predicted octanol–water partition coefficient (Wildman–Crippen LogP) is 1.95. The number of benzene rings is 1. The van der Waals surface area contributed by atoms with Gasteiger partial charge in [0.25, 0.3) is 0 Å². The molecule has 2 nitrogen and oxygen atoms in total. The van der Waals surface area contributed by atoms with Crippen molar-refractivity contribution in [2.75, 3.05) is 13.1 Å². The largest absolute Gasteiger partial charge is 0.488 e. The first kappa shape index (κ1) is 9.81. The Balaban J connectivity index is 0.000000750. The molecule has 1 aromatic rings. The monoisotopic (exact) mass is 211 g/mol. The van der Waals surface area contributed by atoms with Crippen LogP contribution in [0.25, 0.3) is 0 Å². The highest BCUT2D eigenvalue weighted by Gasteiger charge is 2.35. The molecule has 2 aliphatic heterocycles. The van der Waals surface area contributed by atoms with Gasteiger partial charge in [0.1, 0.15) is 11.9 Å². The molecule has 3 heteroatoms. The van der Waals surface area contributed by atoms with E-state index in [0.717, 1.165) is 18.8 Å². The molecule has 2 unspecified atom stereocenters. The minimum absolute atomic E-state index is 0. The minimum Gasteiger partial charge on any atom is -0.488 e. The molecule has 0 saturated carbocycles. The van der Waals surface area contributed by atoms with Crippen LogP contribution < -0.4 is 10.1 Å². The van der Waals surface area contributed by atoms with E-state index in [9.17, 15) is 0 Å². The van der Waals surface area contributed by atoms with Crippen LogP contribution in [0.15, 0.2) is 24.3 Å². The molecule has 3 rings (SSSR count). The molecule has 0 radical (unpaired) electrons. The first-order chi connectivity index (χ1) is 6.45. The number of hydrogen-bond donors (Lipinski definition) is 1. The van der Waals surface area contributed by atoms with Gasteiger partial charge in [0.15, 0.2) is 0 Å². The number of piperidine rings is 1. The molecule has 14 heavy (non-hydrogen) atoms. The first-order valence-corrected chi connectivity index (χ1v) is 4.91. The zero-order chi connectivity index (χ0) is 8.67. The summed E-state index contributed by atoms with van der Waals surface area (Å²) in [6.07, 6.45) is 1.59. The van der Waals surface area contributed by atoms with Gasteiger partial charge in [-0.2, -0.15) is 0 Å². The van der Waals surface area contributed by atoms with Crippen molar-refractivity contribution in [1.29, 1.82) is 0 Å². The maximum absolute atomic E-state index is 5.85. The highest BCUT2D eigenvalue weighted by Crippen LogP contribution is 2.40. The number of rotatable bonds is 0. The number of nitrogens with one attached hydrogen (secondary N) is 1. The van der Waals surface area contributed by atoms with Crippen molar-refractivity contribution >= 4 is 12.4 Å². The second kappa shape index (κ2) is 3.79. The lowest BCUT2D eigenvalue weighted by Crippen LogP contribution is -2.39. The van der Waals surface area contributed by atoms with Crippen LogP contribution in [0, 0.1) is 0 Å². The van der Waals surface area contributed by atoms with Gasteiger partial charge in [0.2, 0.25) is 0 Å². The maximum Gasteiger partial charge on any atom is 0.123 e. The van der Waals surface area contributed by atoms with Crippen LogP contribution in [0.3, 0.4) is 0 Å². The van der Waals surface area contributed by atoms with Gasteiger partial charge < -0.3 is 10.1 Å². The summed E-state index contributed by atoms with van der Waals surface area (Å²) < 4.78 is 5.85. The Morgan fingerprint density at radius 1 is 1.29 bits per heavy atom. The van der Waals surface area contributed by atoms with E-state index in [2.05, 4.69) is 23.5 Å². The maximum atomic E-state index is 5.85. The van der Waals surface area contributed by atoms with Crippen LogP contribution >= 0.6 is 12.4 Å². The summed E-state index contributed by atoms with van der Waals surface area (Å²) in [4.78, 5) is 0. The molecule has 2 aliphatic rings. The fraction of sp³-hybridized carbons (Fsp3) is 0.455. The van der Waals surface area contributed by atoms with Crippen LogP contribution in [-0.2, 0) is 0 Å². The predicted molar refractivity (Wildman–Crippen MR) is 58.3 cm³/mol. The molecular weight excluding hydrogens is 198 g/mol. The van der Waals surface area contributed by atoms with Crippen molar-refractivity contribution in [1.82, 2.24) is 5.32 Å². The topological polar surface area (TPSA) is 21.3 Å². The van der Waals surface area contributed by atoms with Crippen LogP contribution in [0.1, 0.15) is 17.9 Å². The Bertz CT molecular complexity index is 329. The van der Waals surface area contributed by atoms with Gasteiger partial charge in [-0.3, -0.25) is 0 Å². The molecule has 0 aromatic heterocycles. The molecule has 0 amide bonds. The lowest BCUT2D eigenvalue weighted by atomic mass is 9.90. The average molecular weight is 212 g/mol. The Labute approximate surface area is 90.1 Å². The van der Waals surface area contributed by atoms with Crippen LogP contribution in [0.2, 0.25) is 0 Å². The second-order valence-corrected chi connectivity index (χ2v) is 3.79. The molecular formula is C11H14ClNO. The highest BCUT2D eigenvalue weighted by molar-refractivity contribution is 5.85. The van der Waals surface area contributed by atoms with Crippen molar-refractivity contribution in [2.45, 2.75) is 18.4 Å². The molecule has 1 N–H and O–H groups in total. The first-order valence-electron chi connectivity index (χ1n) is 4.91. The minimum atomic E-state index is 0. The third-order valence-corrected chi connectivity index (χ3v) is 3.02. The molecule has 1 saturated heterocycles. The van der Waals surface area contributed by atoms with Gasteiger partial charge in [0.05, 0.1) is 0 Å². The Morgan fingerprint density at radius 3 is 3.07 bits per heavy atom. The van der Waals surface area contributed by atoms with E-state index in [1.165, 1.54) is 12.0 Å². The van der Waals surface area contributed by atoms with Crippen molar-refractivity contribution < 1.29 is 4.74 Å². The molecule has 2 heterocycles. The summed E-state index contributed by atoms with van der Waals surface area (Å²) in [5, 5.41) is 3.37. The van der Waals surface area contributed by atoms with Gasteiger partial charge in [-0.15, -0.1) is 12.4 Å². The van der Waals surface area contributed by atoms with E-state index in [-0.39, 0.29) is 12.4 Å². The summed E-state index contributed by atoms with van der Waals surface area (Å²) in [5.41, 5.74) is 1.41. The SMILES string of the molecule is Cl.c1ccc2c(c1)OC1CNCCC21. The Morgan fingerprint density at radius 2 is 2.14 bits per heavy atom. The highest BCUT2D eigenvalue weighted by atomic mass is 35.5.